The van der Waals surface area contributed by atoms with Crippen LogP contribution in [0.3, 0.4) is 0 Å². The highest BCUT2D eigenvalue weighted by Gasteiger charge is 2.20. The van der Waals surface area contributed by atoms with Crippen molar-refractivity contribution in [3.05, 3.63) is 217 Å². The van der Waals surface area contributed by atoms with Gasteiger partial charge in [-0.25, -0.2) is 4.99 Å². The molecule has 3 heteroatoms. The van der Waals surface area contributed by atoms with Crippen LogP contribution in [0.4, 0.5) is 0 Å². The topological polar surface area (TPSA) is 37.3 Å². The first-order valence-electron chi connectivity index (χ1n) is 18.4. The Morgan fingerprint density at radius 1 is 0.389 bits per heavy atom. The monoisotopic (exact) mass is 689 g/mol. The Balaban J connectivity index is 1.01. The largest absolute Gasteiger partial charge is 0.359 e. The lowest BCUT2D eigenvalue weighted by atomic mass is 9.94. The van der Waals surface area contributed by atoms with E-state index in [-0.39, 0.29) is 6.04 Å². The number of benzene rings is 8. The van der Waals surface area contributed by atoms with Gasteiger partial charge < -0.3 is 5.32 Å². The first-order chi connectivity index (χ1) is 26.7. The van der Waals surface area contributed by atoms with Crippen molar-refractivity contribution in [3.8, 4) is 33.4 Å². The van der Waals surface area contributed by atoms with E-state index < -0.39 is 0 Å². The van der Waals surface area contributed by atoms with Gasteiger partial charge in [0.05, 0.1) is 11.7 Å². The fourth-order valence-corrected chi connectivity index (χ4v) is 7.73. The third-order valence-corrected chi connectivity index (χ3v) is 10.6. The molecule has 0 radical (unpaired) electrons. The van der Waals surface area contributed by atoms with Crippen LogP contribution in [0.1, 0.15) is 22.7 Å². The number of amidine groups is 1. The zero-order valence-electron chi connectivity index (χ0n) is 29.5. The van der Waals surface area contributed by atoms with E-state index in [2.05, 4.69) is 198 Å². The van der Waals surface area contributed by atoms with E-state index >= 15 is 0 Å². The molecule has 1 aliphatic heterocycles. The third-order valence-electron chi connectivity index (χ3n) is 10.6. The molecule has 1 unspecified atom stereocenters. The Morgan fingerprint density at radius 3 is 1.76 bits per heavy atom. The highest BCUT2D eigenvalue weighted by atomic mass is 15.0. The summed E-state index contributed by atoms with van der Waals surface area (Å²) in [5.41, 5.74) is 11.3. The number of hydrogen-bond donors (Lipinski definition) is 1. The van der Waals surface area contributed by atoms with Crippen molar-refractivity contribution < 1.29 is 0 Å². The number of hydrogen-bond acceptors (Lipinski definition) is 3. The number of nitrogens with zero attached hydrogens (tertiary/aromatic N) is 2. The quantitative estimate of drug-likeness (QED) is 0.189. The molecular formula is C51H35N3. The second kappa shape index (κ2) is 13.5. The molecule has 0 bridgehead atoms. The molecule has 0 saturated heterocycles. The van der Waals surface area contributed by atoms with E-state index in [1.165, 1.54) is 54.7 Å². The average Bonchev–Trinajstić information content (AvgIpc) is 3.26. The van der Waals surface area contributed by atoms with Crippen molar-refractivity contribution in [2.75, 3.05) is 0 Å². The standard InChI is InChI=1S/C51H35N3/c1-2-10-42-30-43(29-18-34(42)8-1)35-16-27-41(28-17-35)51-53-49(39-23-19-37(20-24-39)46-15-7-12-36-9-3-5-13-45(36)46)31-50(54-51)40-25-21-38(22-26-40)48-33-52-32-44-11-4-6-14-47(44)48/h1-33,49H,(H,53,54). The fourth-order valence-electron chi connectivity index (χ4n) is 7.73. The van der Waals surface area contributed by atoms with Gasteiger partial charge in [0.2, 0.25) is 0 Å². The highest BCUT2D eigenvalue weighted by Crippen LogP contribution is 2.34. The Kier molecular flexibility index (Phi) is 7.88. The first-order valence-corrected chi connectivity index (χ1v) is 18.4. The van der Waals surface area contributed by atoms with Crippen LogP contribution in [0.25, 0.3) is 71.4 Å². The van der Waals surface area contributed by atoms with E-state index in [0.717, 1.165) is 39.2 Å². The first kappa shape index (κ1) is 31.6. The molecule has 9 aromatic rings. The molecule has 10 rings (SSSR count). The molecule has 1 N–H and O–H groups in total. The number of rotatable bonds is 6. The summed E-state index contributed by atoms with van der Waals surface area (Å²) in [6.45, 7) is 0. The summed E-state index contributed by atoms with van der Waals surface area (Å²) in [5.74, 6) is 0.850. The van der Waals surface area contributed by atoms with Crippen LogP contribution in [0.5, 0.6) is 0 Å². The van der Waals surface area contributed by atoms with Crippen LogP contribution in [0.2, 0.25) is 0 Å². The molecule has 1 aliphatic rings. The number of nitrogens with one attached hydrogen (secondary N) is 1. The number of fused-ring (bicyclic) bond motifs is 3. The van der Waals surface area contributed by atoms with Crippen molar-refractivity contribution in [3.63, 3.8) is 0 Å². The molecule has 2 heterocycles. The van der Waals surface area contributed by atoms with Gasteiger partial charge in [0.15, 0.2) is 0 Å². The summed E-state index contributed by atoms with van der Waals surface area (Å²) < 4.78 is 0. The van der Waals surface area contributed by atoms with E-state index in [1.54, 1.807) is 0 Å². The van der Waals surface area contributed by atoms with Crippen molar-refractivity contribution in [1.82, 2.24) is 10.3 Å². The normalized spacial score (nSPS) is 14.1. The maximum atomic E-state index is 5.25. The lowest BCUT2D eigenvalue weighted by Gasteiger charge is -2.25. The molecule has 54 heavy (non-hydrogen) atoms. The highest BCUT2D eigenvalue weighted by molar-refractivity contribution is 6.04. The molecule has 8 aromatic carbocycles. The van der Waals surface area contributed by atoms with E-state index in [4.69, 9.17) is 4.99 Å². The summed E-state index contributed by atoms with van der Waals surface area (Å²) in [6, 6.07) is 65.0. The second-order valence-corrected chi connectivity index (χ2v) is 13.9. The predicted molar refractivity (Wildman–Crippen MR) is 226 cm³/mol. The van der Waals surface area contributed by atoms with Crippen molar-refractivity contribution in [1.29, 1.82) is 0 Å². The van der Waals surface area contributed by atoms with Crippen LogP contribution in [-0.4, -0.2) is 10.8 Å². The summed E-state index contributed by atoms with van der Waals surface area (Å²) in [6.07, 6.45) is 6.12. The van der Waals surface area contributed by atoms with Gasteiger partial charge >= 0.3 is 0 Å². The Hall–Kier alpha value is -7.10. The van der Waals surface area contributed by atoms with Gasteiger partial charge in [0, 0.05) is 28.9 Å². The van der Waals surface area contributed by atoms with Gasteiger partial charge in [-0.3, -0.25) is 4.98 Å². The average molecular weight is 690 g/mol. The summed E-state index contributed by atoms with van der Waals surface area (Å²) >= 11 is 0. The van der Waals surface area contributed by atoms with Crippen molar-refractivity contribution in [2.24, 2.45) is 4.99 Å². The van der Waals surface area contributed by atoms with Gasteiger partial charge in [-0.1, -0.05) is 176 Å². The molecule has 3 nitrogen and oxygen atoms in total. The van der Waals surface area contributed by atoms with Crippen LogP contribution < -0.4 is 5.32 Å². The smallest absolute Gasteiger partial charge is 0.134 e. The summed E-state index contributed by atoms with van der Waals surface area (Å²) in [7, 11) is 0. The molecule has 0 amide bonds. The fraction of sp³-hybridized carbons (Fsp3) is 0.0196. The molecule has 1 aromatic heterocycles. The molecule has 0 aliphatic carbocycles. The minimum Gasteiger partial charge on any atom is -0.359 e. The minimum atomic E-state index is -0.0730. The van der Waals surface area contributed by atoms with Gasteiger partial charge in [0.25, 0.3) is 0 Å². The maximum Gasteiger partial charge on any atom is 0.134 e. The van der Waals surface area contributed by atoms with E-state index in [1.807, 2.05) is 12.4 Å². The van der Waals surface area contributed by atoms with Crippen LogP contribution in [0.15, 0.2) is 205 Å². The predicted octanol–water partition coefficient (Wildman–Crippen LogP) is 12.7. The van der Waals surface area contributed by atoms with Crippen LogP contribution in [0, 0.1) is 0 Å². The zero-order chi connectivity index (χ0) is 35.8. The van der Waals surface area contributed by atoms with Gasteiger partial charge in [-0.2, -0.15) is 0 Å². The number of pyridine rings is 1. The van der Waals surface area contributed by atoms with Gasteiger partial charge in [-0.15, -0.1) is 0 Å². The van der Waals surface area contributed by atoms with Gasteiger partial charge in [0.1, 0.15) is 5.84 Å². The summed E-state index contributed by atoms with van der Waals surface area (Å²) in [5, 5.41) is 11.1. The second-order valence-electron chi connectivity index (χ2n) is 13.9. The summed E-state index contributed by atoms with van der Waals surface area (Å²) in [4.78, 5) is 9.77. The maximum absolute atomic E-state index is 5.25. The Bertz CT molecular complexity index is 2870. The SMILES string of the molecule is C1=C(c2ccc(-c3cncc4ccccc34)cc2)N=C(c2ccc(-c3ccc4ccccc4c3)cc2)NC1c1ccc(-c2cccc3ccccc23)cc1. The number of aliphatic imine (C=N–C) groups is 1. The van der Waals surface area contributed by atoms with Crippen molar-refractivity contribution in [2.45, 2.75) is 6.04 Å². The Morgan fingerprint density at radius 2 is 0.963 bits per heavy atom. The van der Waals surface area contributed by atoms with Gasteiger partial charge in [-0.05, 0) is 78.0 Å². The molecular weight excluding hydrogens is 655 g/mol. The van der Waals surface area contributed by atoms with Crippen LogP contribution >= 0.6 is 0 Å². The Labute approximate surface area is 314 Å². The minimum absolute atomic E-state index is 0.0730. The molecule has 1 atom stereocenters. The van der Waals surface area contributed by atoms with Crippen LogP contribution in [-0.2, 0) is 0 Å². The number of aromatic nitrogens is 1. The van der Waals surface area contributed by atoms with E-state index in [0.29, 0.717) is 0 Å². The lowest BCUT2D eigenvalue weighted by Crippen LogP contribution is -2.31. The van der Waals surface area contributed by atoms with E-state index in [9.17, 15) is 0 Å². The lowest BCUT2D eigenvalue weighted by molar-refractivity contribution is 0.781. The molecule has 0 saturated carbocycles. The zero-order valence-corrected chi connectivity index (χ0v) is 29.5. The van der Waals surface area contributed by atoms with Crippen molar-refractivity contribution >= 4 is 43.9 Å². The molecule has 0 fully saturated rings. The third kappa shape index (κ3) is 5.92. The molecule has 254 valence electrons. The molecule has 0 spiro atoms.